The van der Waals surface area contributed by atoms with Gasteiger partial charge in [0.25, 0.3) is 0 Å². The molecule has 5 aromatic carbocycles. The van der Waals surface area contributed by atoms with Crippen LogP contribution in [0, 0.1) is 6.92 Å². The van der Waals surface area contributed by atoms with E-state index in [0.717, 1.165) is 32.8 Å². The van der Waals surface area contributed by atoms with E-state index in [1.807, 2.05) is 66.7 Å². The van der Waals surface area contributed by atoms with Crippen LogP contribution < -0.4 is 0 Å². The van der Waals surface area contributed by atoms with E-state index in [1.165, 1.54) is 6.92 Å². The third kappa shape index (κ3) is 3.22. The van der Waals surface area contributed by atoms with Gasteiger partial charge < -0.3 is 0 Å². The van der Waals surface area contributed by atoms with Crippen LogP contribution >= 0.6 is 0 Å². The van der Waals surface area contributed by atoms with Gasteiger partial charge in [0.2, 0.25) is 9.84 Å². The third-order valence-corrected chi connectivity index (χ3v) is 9.36. The summed E-state index contributed by atoms with van der Waals surface area (Å²) in [4.78, 5) is 8.71. The smallest absolute Gasteiger partial charge is 0.208 e. The number of nitrogens with zero attached hydrogens (tertiary/aromatic N) is 2. The fourth-order valence-corrected chi connectivity index (χ4v) is 7.31. The highest BCUT2D eigenvalue weighted by Crippen LogP contribution is 2.46. The Bertz CT molecular complexity index is 2640. The Labute approximate surface area is 240 Å². The summed E-state index contributed by atoms with van der Waals surface area (Å²) in [5, 5.41) is 3.37. The Morgan fingerprint density at radius 1 is 0.700 bits per heavy atom. The Hall–Kier alpha value is -4.87. The maximum atomic E-state index is 13.7. The monoisotopic (exact) mass is 540 g/mol. The number of rotatable bonds is 2. The van der Waals surface area contributed by atoms with E-state index in [9.17, 15) is 9.79 Å². The van der Waals surface area contributed by atoms with E-state index in [1.54, 1.807) is 12.3 Å². The molecule has 0 bridgehead atoms. The minimum Gasteiger partial charge on any atom is -0.254 e. The maximum Gasteiger partial charge on any atom is 0.208 e. The Morgan fingerprint density at radius 2 is 1.45 bits per heavy atom. The van der Waals surface area contributed by atoms with Crippen LogP contribution in [0.15, 0.2) is 125 Å². The van der Waals surface area contributed by atoms with Gasteiger partial charge in [0.05, 0.1) is 34.7 Å². The molecule has 0 radical (unpaired) electrons. The fourth-order valence-electron chi connectivity index (χ4n) is 5.62. The Kier molecular flexibility index (Phi) is 3.67. The fraction of sp³-hybridized carbons (Fsp3) is 0.0286. The van der Waals surface area contributed by atoms with Gasteiger partial charge in [-0.2, -0.15) is 0 Å². The summed E-state index contributed by atoms with van der Waals surface area (Å²) in [5.74, 6) is 0. The van der Waals surface area contributed by atoms with E-state index in [0.29, 0.717) is 16.6 Å². The summed E-state index contributed by atoms with van der Waals surface area (Å²) < 4.78 is 79.7. The maximum absolute atomic E-state index is 13.7. The molecule has 4 nitrogen and oxygen atoms in total. The number of aromatic nitrogens is 2. The first-order valence-electron chi connectivity index (χ1n) is 15.7. The number of hydrogen-bond acceptors (Lipinski definition) is 4. The summed E-state index contributed by atoms with van der Waals surface area (Å²) >= 11 is 0. The molecular formula is C35H22N2O2S. The van der Waals surface area contributed by atoms with Crippen LogP contribution in [0.2, 0.25) is 0 Å². The lowest BCUT2D eigenvalue weighted by molar-refractivity contribution is 0.598. The van der Waals surface area contributed by atoms with Gasteiger partial charge in [0.15, 0.2) is 0 Å². The van der Waals surface area contributed by atoms with Crippen molar-refractivity contribution in [2.45, 2.75) is 16.7 Å². The van der Waals surface area contributed by atoms with E-state index < -0.39 is 44.9 Å². The average molecular weight is 541 g/mol. The highest BCUT2D eigenvalue weighted by Gasteiger charge is 2.34. The average Bonchev–Trinajstić information content (AvgIpc) is 3.32. The quantitative estimate of drug-likeness (QED) is 0.207. The molecule has 190 valence electrons. The van der Waals surface area contributed by atoms with Crippen LogP contribution in [0.4, 0.5) is 0 Å². The zero-order chi connectivity index (χ0) is 32.2. The van der Waals surface area contributed by atoms with Gasteiger partial charge in [-0.3, -0.25) is 4.98 Å². The van der Waals surface area contributed by atoms with E-state index in [4.69, 9.17) is 11.8 Å². The standard InChI is InChI=1S/C35H22N2O2S/c1-21-6-4-10-29-30-20-24(14-18-32(30)40(38,39)35(21)29)25-15-16-28(27-9-3-2-8-26(25)27)31-17-13-23-12-11-22-7-5-19-36-33(22)34(23)37-31/h2-20H,1H3/i4D,6D,10D,14D,18D,20D. The normalized spacial score (nSPS) is 15.6. The molecule has 0 spiro atoms. The van der Waals surface area contributed by atoms with Crippen molar-refractivity contribution in [3.8, 4) is 33.5 Å². The number of sulfone groups is 1. The summed E-state index contributed by atoms with van der Waals surface area (Å²) in [6, 6.07) is 20.2. The van der Waals surface area contributed by atoms with Gasteiger partial charge in [-0.15, -0.1) is 0 Å². The van der Waals surface area contributed by atoms with E-state index >= 15 is 0 Å². The van der Waals surface area contributed by atoms with Gasteiger partial charge in [-0.1, -0.05) is 84.8 Å². The van der Waals surface area contributed by atoms with E-state index in [-0.39, 0.29) is 33.2 Å². The van der Waals surface area contributed by atoms with Gasteiger partial charge in [-0.25, -0.2) is 13.4 Å². The largest absolute Gasteiger partial charge is 0.254 e. The van der Waals surface area contributed by atoms with Crippen molar-refractivity contribution >= 4 is 42.4 Å². The predicted octanol–water partition coefficient (Wildman–Crippen LogP) is 8.39. The molecule has 40 heavy (non-hydrogen) atoms. The highest BCUT2D eigenvalue weighted by atomic mass is 32.2. The Balaban J connectivity index is 1.41. The van der Waals surface area contributed by atoms with Crippen LogP contribution in [0.3, 0.4) is 0 Å². The van der Waals surface area contributed by atoms with Crippen LogP contribution in [-0.4, -0.2) is 18.4 Å². The molecule has 0 aliphatic carbocycles. The van der Waals surface area contributed by atoms with Crippen LogP contribution in [0.1, 0.15) is 13.8 Å². The summed E-state index contributed by atoms with van der Waals surface area (Å²) in [6.45, 7) is 1.39. The molecule has 0 saturated carbocycles. The summed E-state index contributed by atoms with van der Waals surface area (Å²) in [7, 11) is -4.42. The molecule has 5 heteroatoms. The molecule has 1 aliphatic rings. The summed E-state index contributed by atoms with van der Waals surface area (Å²) in [6.07, 6.45) is 1.74. The number of pyridine rings is 2. The van der Waals surface area contributed by atoms with Gasteiger partial charge in [-0.05, 0) is 58.6 Å². The lowest BCUT2D eigenvalue weighted by Crippen LogP contribution is -1.98. The van der Waals surface area contributed by atoms with Crippen LogP contribution in [-0.2, 0) is 9.84 Å². The van der Waals surface area contributed by atoms with Crippen LogP contribution in [0.25, 0.3) is 66.1 Å². The molecule has 1 aliphatic heterocycles. The second kappa shape index (κ2) is 8.31. The minimum atomic E-state index is -4.42. The molecule has 0 unspecified atom stereocenters. The van der Waals surface area contributed by atoms with Crippen molar-refractivity contribution in [3.05, 3.63) is 121 Å². The van der Waals surface area contributed by atoms with Crippen molar-refractivity contribution in [3.63, 3.8) is 0 Å². The first kappa shape index (κ1) is 17.7. The van der Waals surface area contributed by atoms with Crippen molar-refractivity contribution < 1.29 is 16.6 Å². The van der Waals surface area contributed by atoms with Gasteiger partial charge in [0.1, 0.15) is 0 Å². The summed E-state index contributed by atoms with van der Waals surface area (Å²) in [5.41, 5.74) is 3.21. The first-order chi connectivity index (χ1) is 22.0. The first-order valence-corrected chi connectivity index (χ1v) is 14.2. The molecule has 0 N–H and O–H groups in total. The zero-order valence-corrected chi connectivity index (χ0v) is 21.9. The molecule has 7 aromatic rings. The molecule has 0 fully saturated rings. The highest BCUT2D eigenvalue weighted by molar-refractivity contribution is 7.92. The van der Waals surface area contributed by atoms with E-state index in [2.05, 4.69) is 4.98 Å². The second-order valence-electron chi connectivity index (χ2n) is 9.78. The minimum absolute atomic E-state index is 0.0141. The molecule has 0 atom stereocenters. The molecule has 0 amide bonds. The number of fused-ring (bicyclic) bond motifs is 7. The predicted molar refractivity (Wildman–Crippen MR) is 161 cm³/mol. The Morgan fingerprint density at radius 3 is 2.30 bits per heavy atom. The lowest BCUT2D eigenvalue weighted by atomic mass is 9.92. The van der Waals surface area contributed by atoms with Gasteiger partial charge >= 0.3 is 0 Å². The van der Waals surface area contributed by atoms with Gasteiger partial charge in [0, 0.05) is 33.7 Å². The zero-order valence-electron chi connectivity index (χ0n) is 27.1. The molecule has 0 saturated heterocycles. The van der Waals surface area contributed by atoms with Crippen molar-refractivity contribution in [2.75, 3.05) is 0 Å². The molecule has 2 aromatic heterocycles. The number of benzene rings is 5. The SMILES string of the molecule is [2H]c1c([2H])c(C)c2c(c1[2H])-c1c([2H])c(-c3ccc(-c4ccc5ccc6cccnc6c5n4)c4ccccc34)c([2H])c([2H])c1S2(=O)=O. The third-order valence-electron chi connectivity index (χ3n) is 7.47. The molecule has 8 rings (SSSR count). The topological polar surface area (TPSA) is 59.9 Å². The number of hydrogen-bond donors (Lipinski definition) is 0. The molecule has 3 heterocycles. The van der Waals surface area contributed by atoms with Crippen molar-refractivity contribution in [2.24, 2.45) is 0 Å². The second-order valence-corrected chi connectivity index (χ2v) is 11.6. The molecular weight excluding hydrogens is 512 g/mol. The van der Waals surface area contributed by atoms with Crippen LogP contribution in [0.5, 0.6) is 0 Å². The van der Waals surface area contributed by atoms with Crippen molar-refractivity contribution in [1.82, 2.24) is 9.97 Å². The lowest BCUT2D eigenvalue weighted by Gasteiger charge is -2.13. The van der Waals surface area contributed by atoms with Crippen molar-refractivity contribution in [1.29, 1.82) is 0 Å².